The van der Waals surface area contributed by atoms with Crippen LogP contribution >= 0.6 is 0 Å². The van der Waals surface area contributed by atoms with Gasteiger partial charge in [-0.1, -0.05) is 6.92 Å². The average molecular weight is 361 g/mol. The number of carbonyl (C=O) groups is 2. The molecule has 2 fully saturated rings. The van der Waals surface area contributed by atoms with Crippen LogP contribution in [0.1, 0.15) is 39.0 Å². The van der Waals surface area contributed by atoms with Crippen LogP contribution in [0.15, 0.2) is 24.3 Å². The van der Waals surface area contributed by atoms with Crippen LogP contribution in [0.4, 0.5) is 10.1 Å². The lowest BCUT2D eigenvalue weighted by Gasteiger charge is -2.37. The van der Waals surface area contributed by atoms with Crippen LogP contribution in [-0.4, -0.2) is 53.8 Å². The maximum atomic E-state index is 13.0. The van der Waals surface area contributed by atoms with Gasteiger partial charge in [0.1, 0.15) is 5.82 Å². The zero-order valence-corrected chi connectivity index (χ0v) is 15.4. The molecule has 0 aliphatic carbocycles. The van der Waals surface area contributed by atoms with Crippen LogP contribution in [0.2, 0.25) is 0 Å². The number of hydrogen-bond acceptors (Lipinski definition) is 3. The summed E-state index contributed by atoms with van der Waals surface area (Å²) in [5, 5.41) is 2.87. The second-order valence-corrected chi connectivity index (χ2v) is 7.26. The van der Waals surface area contributed by atoms with E-state index in [2.05, 4.69) is 10.2 Å². The quantitative estimate of drug-likeness (QED) is 0.877. The van der Waals surface area contributed by atoms with Crippen LogP contribution in [-0.2, 0) is 9.59 Å². The van der Waals surface area contributed by atoms with Crippen molar-refractivity contribution in [2.45, 2.75) is 45.1 Å². The van der Waals surface area contributed by atoms with Gasteiger partial charge in [-0.05, 0) is 69.5 Å². The van der Waals surface area contributed by atoms with E-state index in [4.69, 9.17) is 0 Å². The van der Waals surface area contributed by atoms with E-state index in [1.807, 2.05) is 11.8 Å². The highest BCUT2D eigenvalue weighted by atomic mass is 19.1. The summed E-state index contributed by atoms with van der Waals surface area (Å²) in [7, 11) is 0. The fourth-order valence-corrected chi connectivity index (χ4v) is 4.02. The molecule has 0 saturated carbocycles. The SMILES string of the molecule is CC[C@@H](C(=O)Nc1ccc(F)cc1)N1CCC(C(=O)N2CCCC2)CC1. The first-order chi connectivity index (χ1) is 12.6. The molecule has 6 heteroatoms. The van der Waals surface area contributed by atoms with Gasteiger partial charge in [0.15, 0.2) is 0 Å². The number of piperidine rings is 1. The Hall–Kier alpha value is -1.95. The van der Waals surface area contributed by atoms with Crippen molar-refractivity contribution in [2.24, 2.45) is 5.92 Å². The topological polar surface area (TPSA) is 52.7 Å². The molecule has 26 heavy (non-hydrogen) atoms. The molecule has 2 amide bonds. The predicted octanol–water partition coefficient (Wildman–Crippen LogP) is 2.88. The molecule has 0 radical (unpaired) electrons. The zero-order chi connectivity index (χ0) is 18.5. The van der Waals surface area contributed by atoms with E-state index in [0.717, 1.165) is 51.9 Å². The molecule has 0 bridgehead atoms. The summed E-state index contributed by atoms with van der Waals surface area (Å²) in [5.41, 5.74) is 0.606. The monoisotopic (exact) mass is 361 g/mol. The molecule has 2 aliphatic rings. The molecule has 142 valence electrons. The van der Waals surface area contributed by atoms with Crippen molar-refractivity contribution < 1.29 is 14.0 Å². The molecule has 1 aromatic carbocycles. The number of rotatable bonds is 5. The van der Waals surface area contributed by atoms with Crippen molar-refractivity contribution in [1.29, 1.82) is 0 Å². The lowest BCUT2D eigenvalue weighted by molar-refractivity contribution is -0.136. The first kappa shape index (κ1) is 18.8. The Balaban J connectivity index is 1.53. The van der Waals surface area contributed by atoms with Crippen molar-refractivity contribution >= 4 is 17.5 Å². The number of likely N-dealkylation sites (tertiary alicyclic amines) is 2. The Morgan fingerprint density at radius 3 is 2.31 bits per heavy atom. The van der Waals surface area contributed by atoms with E-state index < -0.39 is 0 Å². The smallest absolute Gasteiger partial charge is 0.241 e. The Labute approximate surface area is 154 Å². The minimum atomic E-state index is -0.320. The van der Waals surface area contributed by atoms with E-state index >= 15 is 0 Å². The second-order valence-electron chi connectivity index (χ2n) is 7.26. The molecule has 5 nitrogen and oxygen atoms in total. The van der Waals surface area contributed by atoms with E-state index in [0.29, 0.717) is 18.0 Å². The number of benzene rings is 1. The minimum absolute atomic E-state index is 0.0663. The highest BCUT2D eigenvalue weighted by Gasteiger charge is 2.33. The Morgan fingerprint density at radius 1 is 1.12 bits per heavy atom. The number of amides is 2. The largest absolute Gasteiger partial charge is 0.342 e. The summed E-state index contributed by atoms with van der Waals surface area (Å²) in [6, 6.07) is 5.60. The number of nitrogens with one attached hydrogen (secondary N) is 1. The second kappa shape index (κ2) is 8.62. The Kier molecular flexibility index (Phi) is 6.25. The number of carbonyl (C=O) groups excluding carboxylic acids is 2. The van der Waals surface area contributed by atoms with Gasteiger partial charge < -0.3 is 10.2 Å². The van der Waals surface area contributed by atoms with Gasteiger partial charge in [-0.2, -0.15) is 0 Å². The summed E-state index contributed by atoms with van der Waals surface area (Å²) in [5.74, 6) is 0.0104. The highest BCUT2D eigenvalue weighted by molar-refractivity contribution is 5.94. The first-order valence-electron chi connectivity index (χ1n) is 9.67. The van der Waals surface area contributed by atoms with Gasteiger partial charge in [0, 0.05) is 24.7 Å². The Bertz CT molecular complexity index is 620. The Morgan fingerprint density at radius 2 is 1.73 bits per heavy atom. The maximum Gasteiger partial charge on any atom is 0.241 e. The van der Waals surface area contributed by atoms with Gasteiger partial charge in [0.2, 0.25) is 11.8 Å². The first-order valence-corrected chi connectivity index (χ1v) is 9.67. The minimum Gasteiger partial charge on any atom is -0.342 e. The fraction of sp³-hybridized carbons (Fsp3) is 0.600. The zero-order valence-electron chi connectivity index (χ0n) is 15.4. The number of nitrogens with zero attached hydrogens (tertiary/aromatic N) is 2. The summed E-state index contributed by atoms with van der Waals surface area (Å²) >= 11 is 0. The summed E-state index contributed by atoms with van der Waals surface area (Å²) < 4.78 is 13.0. The van der Waals surface area contributed by atoms with Crippen LogP contribution in [0.25, 0.3) is 0 Å². The molecule has 0 aromatic heterocycles. The van der Waals surface area contributed by atoms with E-state index in [1.54, 1.807) is 12.1 Å². The molecule has 0 spiro atoms. The standard InChI is InChI=1S/C20H28FN3O2/c1-2-18(19(25)22-17-7-5-16(21)6-8-17)23-13-9-15(10-14-23)20(26)24-11-3-4-12-24/h5-8,15,18H,2-4,9-14H2,1H3,(H,22,25)/t18-/m0/s1. The summed E-state index contributed by atoms with van der Waals surface area (Å²) in [6.45, 7) is 5.32. The average Bonchev–Trinajstić information content (AvgIpc) is 3.19. The van der Waals surface area contributed by atoms with Crippen LogP contribution in [0, 0.1) is 11.7 Å². The third-order valence-corrected chi connectivity index (χ3v) is 5.54. The van der Waals surface area contributed by atoms with Gasteiger partial charge in [-0.3, -0.25) is 14.5 Å². The number of hydrogen-bond donors (Lipinski definition) is 1. The summed E-state index contributed by atoms with van der Waals surface area (Å²) in [6.07, 6.45) is 4.57. The van der Waals surface area contributed by atoms with E-state index in [1.165, 1.54) is 12.1 Å². The molecule has 2 aliphatic heterocycles. The molecule has 1 N–H and O–H groups in total. The maximum absolute atomic E-state index is 13.0. The van der Waals surface area contributed by atoms with Gasteiger partial charge in [-0.25, -0.2) is 4.39 Å². The lowest BCUT2D eigenvalue weighted by Crippen LogP contribution is -2.49. The summed E-state index contributed by atoms with van der Waals surface area (Å²) in [4.78, 5) is 29.3. The molecular weight excluding hydrogens is 333 g/mol. The van der Waals surface area contributed by atoms with Gasteiger partial charge in [0.05, 0.1) is 6.04 Å². The van der Waals surface area contributed by atoms with Crippen molar-refractivity contribution in [3.63, 3.8) is 0 Å². The molecule has 2 heterocycles. The van der Waals surface area contributed by atoms with Gasteiger partial charge in [0.25, 0.3) is 0 Å². The van der Waals surface area contributed by atoms with Crippen molar-refractivity contribution in [3.05, 3.63) is 30.1 Å². The van der Waals surface area contributed by atoms with Gasteiger partial charge in [-0.15, -0.1) is 0 Å². The molecule has 2 saturated heterocycles. The van der Waals surface area contributed by atoms with Crippen molar-refractivity contribution in [1.82, 2.24) is 9.80 Å². The van der Waals surface area contributed by atoms with Crippen LogP contribution in [0.3, 0.4) is 0 Å². The molecular formula is C20H28FN3O2. The van der Waals surface area contributed by atoms with Crippen LogP contribution in [0.5, 0.6) is 0 Å². The van der Waals surface area contributed by atoms with Crippen molar-refractivity contribution in [3.8, 4) is 0 Å². The third kappa shape index (κ3) is 4.41. The fourth-order valence-electron chi connectivity index (χ4n) is 4.02. The lowest BCUT2D eigenvalue weighted by atomic mass is 9.93. The molecule has 1 atom stereocenters. The van der Waals surface area contributed by atoms with E-state index in [-0.39, 0.29) is 23.7 Å². The predicted molar refractivity (Wildman–Crippen MR) is 99.2 cm³/mol. The van der Waals surface area contributed by atoms with Gasteiger partial charge >= 0.3 is 0 Å². The molecule has 1 aromatic rings. The highest BCUT2D eigenvalue weighted by Crippen LogP contribution is 2.24. The number of halogens is 1. The van der Waals surface area contributed by atoms with Crippen molar-refractivity contribution in [2.75, 3.05) is 31.5 Å². The van der Waals surface area contributed by atoms with E-state index in [9.17, 15) is 14.0 Å². The molecule has 3 rings (SSSR count). The normalized spacial score (nSPS) is 20.2. The molecule has 0 unspecified atom stereocenters. The van der Waals surface area contributed by atoms with Crippen LogP contribution < -0.4 is 5.32 Å². The third-order valence-electron chi connectivity index (χ3n) is 5.54. The number of anilines is 1.